The first-order valence-electron chi connectivity index (χ1n) is 6.43. The van der Waals surface area contributed by atoms with E-state index in [9.17, 15) is 13.2 Å². The van der Waals surface area contributed by atoms with E-state index < -0.39 is 6.36 Å². The summed E-state index contributed by atoms with van der Waals surface area (Å²) in [6.07, 6.45) is -4.71. The SMILES string of the molecule is Cc1c(Cl)cccc1NC(=S)Nc1ccc(OC(F)(F)F)cc1. The van der Waals surface area contributed by atoms with Gasteiger partial charge in [0.05, 0.1) is 0 Å². The second-order valence-electron chi connectivity index (χ2n) is 4.56. The van der Waals surface area contributed by atoms with E-state index in [1.807, 2.05) is 13.0 Å². The van der Waals surface area contributed by atoms with Gasteiger partial charge in [-0.1, -0.05) is 17.7 Å². The minimum absolute atomic E-state index is 0.292. The maximum Gasteiger partial charge on any atom is 0.573 e. The molecule has 2 N–H and O–H groups in total. The van der Waals surface area contributed by atoms with Crippen molar-refractivity contribution < 1.29 is 17.9 Å². The maximum atomic E-state index is 12.1. The Labute approximate surface area is 141 Å². The van der Waals surface area contributed by atoms with E-state index in [2.05, 4.69) is 15.4 Å². The summed E-state index contributed by atoms with van der Waals surface area (Å²) < 4.78 is 40.1. The first kappa shape index (κ1) is 17.4. The lowest BCUT2D eigenvalue weighted by Crippen LogP contribution is -2.20. The minimum Gasteiger partial charge on any atom is -0.406 e. The number of rotatable bonds is 3. The first-order chi connectivity index (χ1) is 10.7. The average Bonchev–Trinajstić information content (AvgIpc) is 2.44. The van der Waals surface area contributed by atoms with Gasteiger partial charge in [-0.05, 0) is 61.1 Å². The Morgan fingerprint density at radius 2 is 1.74 bits per heavy atom. The summed E-state index contributed by atoms with van der Waals surface area (Å²) in [5.74, 6) is -0.299. The van der Waals surface area contributed by atoms with Crippen molar-refractivity contribution in [1.29, 1.82) is 0 Å². The third-order valence-corrected chi connectivity index (χ3v) is 3.48. The molecule has 23 heavy (non-hydrogen) atoms. The van der Waals surface area contributed by atoms with E-state index in [0.29, 0.717) is 15.8 Å². The van der Waals surface area contributed by atoms with Crippen molar-refractivity contribution in [3.05, 3.63) is 53.1 Å². The van der Waals surface area contributed by atoms with Crippen LogP contribution in [0, 0.1) is 6.92 Å². The van der Waals surface area contributed by atoms with E-state index in [4.69, 9.17) is 23.8 Å². The van der Waals surface area contributed by atoms with Crippen LogP contribution in [0.4, 0.5) is 24.5 Å². The maximum absolute atomic E-state index is 12.1. The van der Waals surface area contributed by atoms with Crippen molar-refractivity contribution in [2.24, 2.45) is 0 Å². The summed E-state index contributed by atoms with van der Waals surface area (Å²) in [5.41, 5.74) is 2.11. The molecule has 0 aliphatic heterocycles. The number of nitrogens with one attached hydrogen (secondary N) is 2. The second kappa shape index (κ2) is 7.06. The number of alkyl halides is 3. The monoisotopic (exact) mass is 360 g/mol. The van der Waals surface area contributed by atoms with Gasteiger partial charge in [0.1, 0.15) is 5.75 Å². The van der Waals surface area contributed by atoms with Crippen molar-refractivity contribution in [3.8, 4) is 5.75 Å². The van der Waals surface area contributed by atoms with Crippen LogP contribution < -0.4 is 15.4 Å². The van der Waals surface area contributed by atoms with Crippen LogP contribution >= 0.6 is 23.8 Å². The molecule has 122 valence electrons. The Kier molecular flexibility index (Phi) is 5.33. The predicted molar refractivity (Wildman–Crippen MR) is 89.2 cm³/mol. The van der Waals surface area contributed by atoms with Crippen molar-refractivity contribution in [2.75, 3.05) is 10.6 Å². The third kappa shape index (κ3) is 5.30. The van der Waals surface area contributed by atoms with Crippen LogP contribution in [0.2, 0.25) is 5.02 Å². The fraction of sp³-hybridized carbons (Fsp3) is 0.133. The van der Waals surface area contributed by atoms with Crippen molar-refractivity contribution >= 4 is 40.3 Å². The van der Waals surface area contributed by atoms with Gasteiger partial charge in [0.25, 0.3) is 0 Å². The molecule has 0 aliphatic carbocycles. The fourth-order valence-electron chi connectivity index (χ4n) is 1.77. The number of halogens is 4. The summed E-state index contributed by atoms with van der Waals surface area (Å²) in [5, 5.41) is 6.74. The van der Waals surface area contributed by atoms with Gasteiger partial charge in [0.15, 0.2) is 5.11 Å². The van der Waals surface area contributed by atoms with Gasteiger partial charge >= 0.3 is 6.36 Å². The van der Waals surface area contributed by atoms with E-state index in [-0.39, 0.29) is 5.75 Å². The average molecular weight is 361 g/mol. The number of thiocarbonyl (C=S) groups is 1. The molecule has 2 rings (SSSR count). The number of anilines is 2. The zero-order valence-electron chi connectivity index (χ0n) is 11.9. The fourth-order valence-corrected chi connectivity index (χ4v) is 2.17. The number of hydrogen-bond acceptors (Lipinski definition) is 2. The molecule has 0 bridgehead atoms. The highest BCUT2D eigenvalue weighted by atomic mass is 35.5. The molecule has 2 aromatic carbocycles. The molecule has 0 heterocycles. The molecular weight excluding hydrogens is 349 g/mol. The van der Waals surface area contributed by atoms with E-state index in [1.165, 1.54) is 24.3 Å². The number of hydrogen-bond donors (Lipinski definition) is 2. The molecule has 2 aromatic rings. The van der Waals surface area contributed by atoms with Crippen LogP contribution in [-0.4, -0.2) is 11.5 Å². The third-order valence-electron chi connectivity index (χ3n) is 2.86. The Morgan fingerprint density at radius 1 is 1.09 bits per heavy atom. The minimum atomic E-state index is -4.71. The Hall–Kier alpha value is -1.99. The van der Waals surface area contributed by atoms with Crippen LogP contribution in [0.15, 0.2) is 42.5 Å². The van der Waals surface area contributed by atoms with Crippen LogP contribution in [0.3, 0.4) is 0 Å². The van der Waals surface area contributed by atoms with E-state index >= 15 is 0 Å². The smallest absolute Gasteiger partial charge is 0.406 e. The lowest BCUT2D eigenvalue weighted by molar-refractivity contribution is -0.274. The molecule has 0 unspecified atom stereocenters. The molecule has 8 heteroatoms. The predicted octanol–water partition coefficient (Wildman–Crippen LogP) is 5.36. The molecule has 0 aromatic heterocycles. The molecule has 0 spiro atoms. The largest absolute Gasteiger partial charge is 0.573 e. The summed E-state index contributed by atoms with van der Waals surface area (Å²) in [4.78, 5) is 0. The van der Waals surface area contributed by atoms with Gasteiger partial charge in [-0.25, -0.2) is 0 Å². The molecule has 0 radical (unpaired) electrons. The molecule has 0 amide bonds. The molecule has 0 atom stereocenters. The molecular formula is C15H12ClF3N2OS. The highest BCUT2D eigenvalue weighted by molar-refractivity contribution is 7.80. The van der Waals surface area contributed by atoms with Gasteiger partial charge in [-0.2, -0.15) is 0 Å². The summed E-state index contributed by atoms with van der Waals surface area (Å²) >= 11 is 11.2. The van der Waals surface area contributed by atoms with Gasteiger partial charge in [-0.15, -0.1) is 13.2 Å². The van der Waals surface area contributed by atoms with Gasteiger partial charge in [0.2, 0.25) is 0 Å². The van der Waals surface area contributed by atoms with Crippen LogP contribution in [0.25, 0.3) is 0 Å². The lowest BCUT2D eigenvalue weighted by atomic mass is 10.2. The molecule has 3 nitrogen and oxygen atoms in total. The normalized spacial score (nSPS) is 11.0. The van der Waals surface area contributed by atoms with Gasteiger partial charge in [0, 0.05) is 16.4 Å². The summed E-state index contributed by atoms with van der Waals surface area (Å²) in [6.45, 7) is 1.84. The van der Waals surface area contributed by atoms with Gasteiger partial charge < -0.3 is 15.4 Å². The van der Waals surface area contributed by atoms with Crippen LogP contribution in [0.1, 0.15) is 5.56 Å². The summed E-state index contributed by atoms with van der Waals surface area (Å²) in [6, 6.07) is 10.6. The highest BCUT2D eigenvalue weighted by Gasteiger charge is 2.30. The molecule has 0 saturated carbocycles. The Morgan fingerprint density at radius 3 is 2.35 bits per heavy atom. The standard InChI is InChI=1S/C15H12ClF3N2OS/c1-9-12(16)3-2-4-13(9)21-14(23)20-10-5-7-11(8-6-10)22-15(17,18)19/h2-8H,1H3,(H2,20,21,23). The van der Waals surface area contributed by atoms with Gasteiger partial charge in [-0.3, -0.25) is 0 Å². The Balaban J connectivity index is 1.99. The first-order valence-corrected chi connectivity index (χ1v) is 7.22. The van der Waals surface area contributed by atoms with E-state index in [1.54, 1.807) is 12.1 Å². The van der Waals surface area contributed by atoms with Crippen molar-refractivity contribution in [1.82, 2.24) is 0 Å². The van der Waals surface area contributed by atoms with E-state index in [0.717, 1.165) is 11.3 Å². The molecule has 0 saturated heterocycles. The quantitative estimate of drug-likeness (QED) is 0.722. The Bertz CT molecular complexity index is 705. The van der Waals surface area contributed by atoms with Crippen molar-refractivity contribution in [3.63, 3.8) is 0 Å². The zero-order chi connectivity index (χ0) is 17.0. The topological polar surface area (TPSA) is 33.3 Å². The highest BCUT2D eigenvalue weighted by Crippen LogP contribution is 2.25. The van der Waals surface area contributed by atoms with Crippen molar-refractivity contribution in [2.45, 2.75) is 13.3 Å². The number of ether oxygens (including phenoxy) is 1. The lowest BCUT2D eigenvalue weighted by Gasteiger charge is -2.14. The van der Waals surface area contributed by atoms with Crippen LogP contribution in [0.5, 0.6) is 5.75 Å². The zero-order valence-corrected chi connectivity index (χ0v) is 13.4. The second-order valence-corrected chi connectivity index (χ2v) is 5.38. The summed E-state index contributed by atoms with van der Waals surface area (Å²) in [7, 11) is 0. The molecule has 0 fully saturated rings. The number of benzene rings is 2. The van der Waals surface area contributed by atoms with Crippen LogP contribution in [-0.2, 0) is 0 Å². The molecule has 0 aliphatic rings.